The van der Waals surface area contributed by atoms with Gasteiger partial charge in [0.1, 0.15) is 17.6 Å². The van der Waals surface area contributed by atoms with Crippen LogP contribution in [0.25, 0.3) is 0 Å². The summed E-state index contributed by atoms with van der Waals surface area (Å²) in [6, 6.07) is 5.71. The molecule has 18 heavy (non-hydrogen) atoms. The Morgan fingerprint density at radius 1 is 1.50 bits per heavy atom. The molecule has 0 N–H and O–H groups in total. The van der Waals surface area contributed by atoms with Crippen molar-refractivity contribution >= 4 is 16.7 Å². The first-order chi connectivity index (χ1) is 8.43. The van der Waals surface area contributed by atoms with Crippen LogP contribution in [0, 0.1) is 17.1 Å². The molecular weight excluding hydrogens is 255 g/mol. The van der Waals surface area contributed by atoms with Gasteiger partial charge in [-0.2, -0.15) is 5.26 Å². The number of nitriles is 1. The van der Waals surface area contributed by atoms with E-state index in [1.54, 1.807) is 20.2 Å². The third kappa shape index (κ3) is 3.93. The summed E-state index contributed by atoms with van der Waals surface area (Å²) in [5, 5.41) is 8.67. The van der Waals surface area contributed by atoms with Crippen molar-refractivity contribution in [3.05, 3.63) is 35.1 Å². The van der Waals surface area contributed by atoms with E-state index in [-0.39, 0.29) is 23.0 Å². The minimum atomic E-state index is -1.36. The summed E-state index contributed by atoms with van der Waals surface area (Å²) >= 11 is 0. The Bertz CT molecular complexity index is 523. The van der Waals surface area contributed by atoms with Crippen LogP contribution in [-0.4, -0.2) is 34.9 Å². The van der Waals surface area contributed by atoms with Gasteiger partial charge in [-0.15, -0.1) is 0 Å². The zero-order valence-electron chi connectivity index (χ0n) is 10.1. The first-order valence-corrected chi connectivity index (χ1v) is 6.66. The monoisotopic (exact) mass is 268 g/mol. The highest BCUT2D eigenvalue weighted by molar-refractivity contribution is 7.84. The molecule has 6 heteroatoms. The number of hydrogen-bond donors (Lipinski definition) is 0. The average molecular weight is 268 g/mol. The van der Waals surface area contributed by atoms with Crippen LogP contribution in [0.15, 0.2) is 18.2 Å². The fraction of sp³-hybridized carbons (Fsp3) is 0.333. The molecule has 1 atom stereocenters. The van der Waals surface area contributed by atoms with Crippen molar-refractivity contribution in [1.29, 1.82) is 5.26 Å². The SMILES string of the molecule is CN(C)C(=O)CS(=O)Cc1ccc(F)c(C#N)c1. The smallest absolute Gasteiger partial charge is 0.234 e. The fourth-order valence-corrected chi connectivity index (χ4v) is 2.44. The molecule has 1 aromatic rings. The number of amides is 1. The van der Waals surface area contributed by atoms with E-state index in [1.807, 2.05) is 0 Å². The molecule has 0 fully saturated rings. The summed E-state index contributed by atoms with van der Waals surface area (Å²) < 4.78 is 24.8. The van der Waals surface area contributed by atoms with Gasteiger partial charge < -0.3 is 4.90 Å². The number of carbonyl (C=O) groups excluding carboxylic acids is 1. The Morgan fingerprint density at radius 2 is 2.17 bits per heavy atom. The number of rotatable bonds is 4. The van der Waals surface area contributed by atoms with Crippen molar-refractivity contribution in [2.75, 3.05) is 19.8 Å². The maximum atomic E-state index is 13.1. The van der Waals surface area contributed by atoms with Crippen LogP contribution in [0.4, 0.5) is 4.39 Å². The van der Waals surface area contributed by atoms with E-state index in [9.17, 15) is 13.4 Å². The number of nitrogens with zero attached hydrogens (tertiary/aromatic N) is 2. The van der Waals surface area contributed by atoms with Gasteiger partial charge in [0.2, 0.25) is 5.91 Å². The lowest BCUT2D eigenvalue weighted by Gasteiger charge is -2.09. The van der Waals surface area contributed by atoms with Gasteiger partial charge in [0.05, 0.1) is 5.56 Å². The van der Waals surface area contributed by atoms with E-state index in [2.05, 4.69) is 0 Å². The van der Waals surface area contributed by atoms with Crippen LogP contribution < -0.4 is 0 Å². The number of halogens is 1. The lowest BCUT2D eigenvalue weighted by Crippen LogP contribution is -2.27. The van der Waals surface area contributed by atoms with Gasteiger partial charge in [-0.25, -0.2) is 4.39 Å². The Balaban J connectivity index is 2.71. The standard InChI is InChI=1S/C12H13FN2O2S/c1-15(2)12(16)8-18(17)7-9-3-4-11(13)10(5-9)6-14/h3-5H,7-8H2,1-2H3. The molecule has 0 saturated carbocycles. The normalized spacial score (nSPS) is 11.7. The predicted octanol–water partition coefficient (Wildman–Crippen LogP) is 1.03. The molecule has 0 saturated heterocycles. The van der Waals surface area contributed by atoms with Crippen molar-refractivity contribution in [3.8, 4) is 6.07 Å². The van der Waals surface area contributed by atoms with Gasteiger partial charge in [0.15, 0.2) is 0 Å². The summed E-state index contributed by atoms with van der Waals surface area (Å²) in [4.78, 5) is 12.7. The first-order valence-electron chi connectivity index (χ1n) is 5.17. The molecule has 1 aromatic carbocycles. The molecule has 0 radical (unpaired) electrons. The van der Waals surface area contributed by atoms with Crippen LogP contribution >= 0.6 is 0 Å². The van der Waals surface area contributed by atoms with Gasteiger partial charge in [0.25, 0.3) is 0 Å². The largest absolute Gasteiger partial charge is 0.348 e. The van der Waals surface area contributed by atoms with Crippen LogP contribution in [0.2, 0.25) is 0 Å². The quantitative estimate of drug-likeness (QED) is 0.819. The summed E-state index contributed by atoms with van der Waals surface area (Å²) in [5.41, 5.74) is 0.501. The van der Waals surface area contributed by atoms with Crippen molar-refractivity contribution in [1.82, 2.24) is 4.90 Å². The van der Waals surface area contributed by atoms with E-state index in [1.165, 1.54) is 23.1 Å². The molecule has 0 aliphatic heterocycles. The number of benzene rings is 1. The van der Waals surface area contributed by atoms with E-state index in [0.717, 1.165) is 0 Å². The Kier molecular flexibility index (Phi) is 4.98. The van der Waals surface area contributed by atoms with Gasteiger partial charge in [-0.3, -0.25) is 9.00 Å². The lowest BCUT2D eigenvalue weighted by molar-refractivity contribution is -0.125. The zero-order chi connectivity index (χ0) is 13.7. The molecule has 1 rings (SSSR count). The van der Waals surface area contributed by atoms with Crippen molar-refractivity contribution in [2.24, 2.45) is 0 Å². The lowest BCUT2D eigenvalue weighted by atomic mass is 10.1. The zero-order valence-corrected chi connectivity index (χ0v) is 11.0. The Hall–Kier alpha value is -1.74. The van der Waals surface area contributed by atoms with Crippen molar-refractivity contribution < 1.29 is 13.4 Å². The minimum absolute atomic E-state index is 0.0771. The molecule has 0 bridgehead atoms. The van der Waals surface area contributed by atoms with E-state index in [0.29, 0.717) is 5.56 Å². The van der Waals surface area contributed by atoms with Gasteiger partial charge >= 0.3 is 0 Å². The highest BCUT2D eigenvalue weighted by atomic mass is 32.2. The van der Waals surface area contributed by atoms with Gasteiger partial charge in [-0.05, 0) is 17.7 Å². The van der Waals surface area contributed by atoms with Gasteiger partial charge in [-0.1, -0.05) is 6.07 Å². The Morgan fingerprint density at radius 3 is 2.72 bits per heavy atom. The predicted molar refractivity (Wildman–Crippen MR) is 66.5 cm³/mol. The molecule has 1 amide bonds. The molecule has 96 valence electrons. The fourth-order valence-electron chi connectivity index (χ4n) is 1.25. The second-order valence-corrected chi connectivity index (χ2v) is 5.40. The second-order valence-electron chi connectivity index (χ2n) is 3.94. The van der Waals surface area contributed by atoms with Crippen molar-refractivity contribution in [3.63, 3.8) is 0 Å². The van der Waals surface area contributed by atoms with Crippen LogP contribution in [0.1, 0.15) is 11.1 Å². The third-order valence-corrected chi connectivity index (χ3v) is 3.49. The van der Waals surface area contributed by atoms with E-state index >= 15 is 0 Å². The number of hydrogen-bond acceptors (Lipinski definition) is 3. The molecule has 0 spiro atoms. The molecule has 0 aliphatic carbocycles. The summed E-state index contributed by atoms with van der Waals surface area (Å²) in [5.74, 6) is -0.770. The van der Waals surface area contributed by atoms with E-state index in [4.69, 9.17) is 5.26 Å². The molecular formula is C12H13FN2O2S. The second kappa shape index (κ2) is 6.26. The van der Waals surface area contributed by atoms with Crippen molar-refractivity contribution in [2.45, 2.75) is 5.75 Å². The van der Waals surface area contributed by atoms with E-state index < -0.39 is 16.6 Å². The average Bonchev–Trinajstić information content (AvgIpc) is 2.31. The summed E-state index contributed by atoms with van der Waals surface area (Å²) in [6.45, 7) is 0. The highest BCUT2D eigenvalue weighted by Gasteiger charge is 2.11. The maximum Gasteiger partial charge on any atom is 0.234 e. The van der Waals surface area contributed by atoms with Crippen LogP contribution in [-0.2, 0) is 21.3 Å². The van der Waals surface area contributed by atoms with Gasteiger partial charge in [0, 0.05) is 30.6 Å². The third-order valence-electron chi connectivity index (χ3n) is 2.26. The Labute approximate surface area is 107 Å². The number of carbonyl (C=O) groups is 1. The van der Waals surface area contributed by atoms with Crippen LogP contribution in [0.5, 0.6) is 0 Å². The molecule has 4 nitrogen and oxygen atoms in total. The first kappa shape index (κ1) is 14.3. The minimum Gasteiger partial charge on any atom is -0.348 e. The molecule has 0 heterocycles. The van der Waals surface area contributed by atoms with Crippen LogP contribution in [0.3, 0.4) is 0 Å². The summed E-state index contributed by atoms with van der Waals surface area (Å²) in [7, 11) is 1.82. The molecule has 1 unspecified atom stereocenters. The molecule has 0 aromatic heterocycles. The maximum absolute atomic E-state index is 13.1. The highest BCUT2D eigenvalue weighted by Crippen LogP contribution is 2.11. The molecule has 0 aliphatic rings. The topological polar surface area (TPSA) is 61.2 Å². The summed E-state index contributed by atoms with van der Waals surface area (Å²) in [6.07, 6.45) is 0.